The first-order chi connectivity index (χ1) is 24.8. The fourth-order valence-electron chi connectivity index (χ4n) is 10.8. The van der Waals surface area contributed by atoms with Crippen molar-refractivity contribution in [1.29, 1.82) is 0 Å². The lowest BCUT2D eigenvalue weighted by atomic mass is 9.77. The number of rotatable bonds is 33. The van der Waals surface area contributed by atoms with E-state index < -0.39 is 32.8 Å². The largest absolute Gasteiger partial charge is 0.417 e. The van der Waals surface area contributed by atoms with E-state index in [0.29, 0.717) is 0 Å². The minimum atomic E-state index is -1.50. The van der Waals surface area contributed by atoms with Crippen LogP contribution in [0.2, 0.25) is 89.6 Å². The zero-order chi connectivity index (χ0) is 39.5. The molecule has 2 aliphatic carbocycles. The molecule has 2 bridgehead atoms. The summed E-state index contributed by atoms with van der Waals surface area (Å²) in [5.41, 5.74) is 1.85. The Morgan fingerprint density at radius 3 is 1.26 bits per heavy atom. The van der Waals surface area contributed by atoms with Gasteiger partial charge in [-0.3, -0.25) is 0 Å². The van der Waals surface area contributed by atoms with Crippen LogP contribution in [0.1, 0.15) is 167 Å². The van der Waals surface area contributed by atoms with Crippen LogP contribution in [0.4, 0.5) is 0 Å². The summed E-state index contributed by atoms with van der Waals surface area (Å²) in [6.07, 6.45) is 36.4. The number of unbranched alkanes of at least 4 members (excludes halogenated alkanes) is 16. The molecular formula is C47H100O2Si4. The molecule has 0 aromatic rings. The van der Waals surface area contributed by atoms with Crippen molar-refractivity contribution < 1.29 is 8.85 Å². The lowest BCUT2D eigenvalue weighted by Crippen LogP contribution is -2.42. The van der Waals surface area contributed by atoms with Crippen LogP contribution in [0.15, 0.2) is 0 Å². The van der Waals surface area contributed by atoms with Crippen LogP contribution in [-0.4, -0.2) is 46.0 Å². The molecule has 2 rings (SSSR count). The highest BCUT2D eigenvalue weighted by atomic mass is 28.4. The van der Waals surface area contributed by atoms with Crippen LogP contribution in [0.25, 0.3) is 0 Å². The van der Waals surface area contributed by atoms with Crippen molar-refractivity contribution >= 4 is 32.8 Å². The summed E-state index contributed by atoms with van der Waals surface area (Å²) in [6.45, 7) is 34.8. The third-order valence-electron chi connectivity index (χ3n) is 13.8. The van der Waals surface area contributed by atoms with Crippen molar-refractivity contribution in [1.82, 2.24) is 0 Å². The molecule has 0 heterocycles. The average molecular weight is 810 g/mol. The maximum atomic E-state index is 6.75. The first-order valence-corrected chi connectivity index (χ1v) is 38.1. The Morgan fingerprint density at radius 1 is 0.453 bits per heavy atom. The summed E-state index contributed by atoms with van der Waals surface area (Å²) >= 11 is 0. The zero-order valence-electron chi connectivity index (χ0n) is 38.9. The highest BCUT2D eigenvalue weighted by Gasteiger charge is 2.47. The van der Waals surface area contributed by atoms with Crippen LogP contribution < -0.4 is 0 Å². The van der Waals surface area contributed by atoms with Crippen LogP contribution in [0, 0.1) is 29.6 Å². The average Bonchev–Trinajstić information content (AvgIpc) is 3.68. The summed E-state index contributed by atoms with van der Waals surface area (Å²) in [5.74, 6) is 4.64. The van der Waals surface area contributed by atoms with Crippen LogP contribution in [0.5, 0.6) is 0 Å². The van der Waals surface area contributed by atoms with Crippen molar-refractivity contribution in [3.05, 3.63) is 0 Å². The first kappa shape index (κ1) is 49.9. The van der Waals surface area contributed by atoms with E-state index >= 15 is 0 Å². The SMILES string of the molecule is CCCCCCCCCCCCC(CO[Si](C)(C)C)C(CCCCCCCCCCC(C(CO[Si](C)(C)C)C1CC2CCC1C2)[Si](C)(C)C)[Si](C)(C)C. The lowest BCUT2D eigenvalue weighted by molar-refractivity contribution is 0.134. The molecule has 53 heavy (non-hydrogen) atoms. The summed E-state index contributed by atoms with van der Waals surface area (Å²) < 4.78 is 13.4. The Bertz CT molecular complexity index is 913. The topological polar surface area (TPSA) is 18.5 Å². The van der Waals surface area contributed by atoms with E-state index in [-0.39, 0.29) is 0 Å². The van der Waals surface area contributed by atoms with E-state index in [1.807, 2.05) is 0 Å². The Hall–Kier alpha value is 0.788. The van der Waals surface area contributed by atoms with Gasteiger partial charge in [0.2, 0.25) is 0 Å². The van der Waals surface area contributed by atoms with Crippen molar-refractivity contribution in [2.24, 2.45) is 29.6 Å². The van der Waals surface area contributed by atoms with Gasteiger partial charge in [-0.25, -0.2) is 0 Å². The minimum absolute atomic E-state index is 0.785. The molecule has 0 aromatic carbocycles. The van der Waals surface area contributed by atoms with Gasteiger partial charge in [0.1, 0.15) is 0 Å². The van der Waals surface area contributed by atoms with Gasteiger partial charge in [0.25, 0.3) is 0 Å². The van der Waals surface area contributed by atoms with Gasteiger partial charge < -0.3 is 8.85 Å². The van der Waals surface area contributed by atoms with E-state index in [9.17, 15) is 0 Å². The van der Waals surface area contributed by atoms with E-state index in [4.69, 9.17) is 8.85 Å². The second kappa shape index (κ2) is 25.3. The summed E-state index contributed by atoms with van der Waals surface area (Å²) in [4.78, 5) is 0. The van der Waals surface area contributed by atoms with Gasteiger partial charge >= 0.3 is 0 Å². The van der Waals surface area contributed by atoms with Crippen molar-refractivity contribution in [3.63, 3.8) is 0 Å². The van der Waals surface area contributed by atoms with E-state index in [1.54, 1.807) is 6.42 Å². The highest BCUT2D eigenvalue weighted by Crippen LogP contribution is 2.55. The first-order valence-electron chi connectivity index (χ1n) is 24.1. The van der Waals surface area contributed by atoms with Crippen LogP contribution in [-0.2, 0) is 8.85 Å². The molecular weight excluding hydrogens is 709 g/mol. The molecule has 316 valence electrons. The van der Waals surface area contributed by atoms with E-state index in [0.717, 1.165) is 53.9 Å². The van der Waals surface area contributed by atoms with Gasteiger partial charge in [-0.05, 0) is 106 Å². The third kappa shape index (κ3) is 21.9. The van der Waals surface area contributed by atoms with Gasteiger partial charge in [0, 0.05) is 29.4 Å². The van der Waals surface area contributed by atoms with Gasteiger partial charge in [0.05, 0.1) is 0 Å². The Labute approximate surface area is 340 Å². The zero-order valence-corrected chi connectivity index (χ0v) is 42.9. The Kier molecular flexibility index (Phi) is 23.8. The van der Waals surface area contributed by atoms with Gasteiger partial charge in [0.15, 0.2) is 16.6 Å². The molecule has 0 N–H and O–H groups in total. The predicted octanol–water partition coefficient (Wildman–Crippen LogP) is 17.0. The standard InChI is InChI=1S/C47H100O2Si4/c1-14-15-16-17-18-19-20-23-26-29-32-43(39-48-52(8,9)10)46(50(2,3)4)33-30-27-24-21-22-25-28-31-34-47(51(5,6)7)45(40-49-53(11,12)13)44-38-41-35-36-42(44)37-41/h41-47H,14-40H2,1-13H3. The molecule has 0 amide bonds. The highest BCUT2D eigenvalue weighted by molar-refractivity contribution is 6.78. The van der Waals surface area contributed by atoms with Crippen molar-refractivity contribution in [2.75, 3.05) is 13.2 Å². The molecule has 7 unspecified atom stereocenters. The molecule has 7 atom stereocenters. The molecule has 2 saturated carbocycles. The fraction of sp³-hybridized carbons (Fsp3) is 1.00. The maximum Gasteiger partial charge on any atom is 0.183 e. The second-order valence-electron chi connectivity index (χ2n) is 22.9. The summed E-state index contributed by atoms with van der Waals surface area (Å²) in [6, 6.07) is 0. The maximum absolute atomic E-state index is 6.75. The molecule has 6 heteroatoms. The van der Waals surface area contributed by atoms with Gasteiger partial charge in [-0.1, -0.05) is 181 Å². The molecule has 0 spiro atoms. The number of hydrogen-bond donors (Lipinski definition) is 0. The molecule has 0 radical (unpaired) electrons. The molecule has 2 fully saturated rings. The molecule has 0 saturated heterocycles. The number of fused-ring (bicyclic) bond motifs is 2. The van der Waals surface area contributed by atoms with Crippen LogP contribution >= 0.6 is 0 Å². The predicted molar refractivity (Wildman–Crippen MR) is 251 cm³/mol. The van der Waals surface area contributed by atoms with Crippen LogP contribution in [0.3, 0.4) is 0 Å². The van der Waals surface area contributed by atoms with E-state index in [1.165, 1.54) is 154 Å². The normalized spacial score (nSPS) is 22.0. The van der Waals surface area contributed by atoms with E-state index in [2.05, 4.69) is 85.5 Å². The molecule has 0 aromatic heterocycles. The van der Waals surface area contributed by atoms with Gasteiger partial charge in [-0.15, -0.1) is 0 Å². The third-order valence-corrected chi connectivity index (χ3v) is 21.8. The quantitative estimate of drug-likeness (QED) is 0.0486. The Morgan fingerprint density at radius 2 is 0.868 bits per heavy atom. The Balaban J connectivity index is 1.75. The van der Waals surface area contributed by atoms with Gasteiger partial charge in [-0.2, -0.15) is 0 Å². The second-order valence-corrected chi connectivity index (χ2v) is 42.9. The minimum Gasteiger partial charge on any atom is -0.417 e. The molecule has 2 aliphatic rings. The summed E-state index contributed by atoms with van der Waals surface area (Å²) in [7, 11) is -5.52. The fourth-order valence-corrected chi connectivity index (χ4v) is 17.7. The molecule has 2 nitrogen and oxygen atoms in total. The van der Waals surface area contributed by atoms with Crippen molar-refractivity contribution in [3.8, 4) is 0 Å². The number of hydrogen-bond acceptors (Lipinski definition) is 2. The monoisotopic (exact) mass is 809 g/mol. The smallest absolute Gasteiger partial charge is 0.183 e. The molecule has 0 aliphatic heterocycles. The summed E-state index contributed by atoms with van der Waals surface area (Å²) in [5, 5.41) is 0. The lowest BCUT2D eigenvalue weighted by Gasteiger charge is -2.43. The van der Waals surface area contributed by atoms with Crippen molar-refractivity contribution in [2.45, 2.75) is 257 Å².